The number of rotatable bonds is 49. The number of hydrogen-bond acceptors (Lipinski definition) is 8. The van der Waals surface area contributed by atoms with E-state index < -0.39 is 26.5 Å². The summed E-state index contributed by atoms with van der Waals surface area (Å²) in [5.74, 6) is -0.840. The molecule has 0 fully saturated rings. The Morgan fingerprint density at radius 3 is 1.25 bits per heavy atom. The van der Waals surface area contributed by atoms with E-state index in [1.54, 1.807) is 0 Å². The van der Waals surface area contributed by atoms with Crippen LogP contribution in [0, 0.1) is 0 Å². The number of phosphoric ester groups is 1. The van der Waals surface area contributed by atoms with Crippen LogP contribution in [0.4, 0.5) is 0 Å². The molecular formula is C58H102NO8P. The molecule has 0 radical (unpaired) electrons. The molecule has 68 heavy (non-hydrogen) atoms. The van der Waals surface area contributed by atoms with Crippen LogP contribution in [0.1, 0.15) is 219 Å². The second-order valence-corrected chi connectivity index (χ2v) is 20.6. The maximum atomic E-state index is 12.8. The standard InChI is InChI=1S/C58H102NO8P/c1-6-8-10-12-14-16-18-20-21-22-23-24-25-26-27-28-29-30-31-32-33-34-35-36-37-39-41-43-45-47-49-51-58(61)67-56(55-66-68(62,63)65-53-52-59(3,4)5)54-64-57(60)50-48-46-44-42-40-38-19-17-15-13-11-9-7-2/h8,10,14,16,20-21,23-24,26-27,29-30,32-33,56H,6-7,9,11-13,15,17-19,22,25,28,31,34-55H2,1-5H3/b10-8-,16-14-,21-20-,24-23-,27-26-,30-29-,33-32-. The summed E-state index contributed by atoms with van der Waals surface area (Å²) in [4.78, 5) is 37.7. The van der Waals surface area contributed by atoms with Crippen molar-refractivity contribution in [2.45, 2.75) is 225 Å². The molecular weight excluding hydrogens is 870 g/mol. The van der Waals surface area contributed by atoms with Crippen molar-refractivity contribution in [1.82, 2.24) is 0 Å². The molecule has 0 rings (SSSR count). The summed E-state index contributed by atoms with van der Waals surface area (Å²) in [6.45, 7) is 4.11. The summed E-state index contributed by atoms with van der Waals surface area (Å²) < 4.78 is 34.1. The number of unbranched alkanes of at least 4 members (excludes halogenated alkanes) is 21. The van der Waals surface area contributed by atoms with Gasteiger partial charge in [0.2, 0.25) is 0 Å². The first-order valence-electron chi connectivity index (χ1n) is 27.3. The topological polar surface area (TPSA) is 111 Å². The molecule has 392 valence electrons. The average Bonchev–Trinajstić information content (AvgIpc) is 3.30. The smallest absolute Gasteiger partial charge is 0.306 e. The first-order valence-corrected chi connectivity index (χ1v) is 28.8. The lowest BCUT2D eigenvalue weighted by Gasteiger charge is -2.28. The minimum atomic E-state index is -4.63. The number of nitrogens with zero attached hydrogens (tertiary/aromatic N) is 1. The average molecular weight is 972 g/mol. The first-order chi connectivity index (χ1) is 33.0. The molecule has 0 bridgehead atoms. The van der Waals surface area contributed by atoms with E-state index in [2.05, 4.69) is 98.9 Å². The van der Waals surface area contributed by atoms with Gasteiger partial charge in [0, 0.05) is 12.8 Å². The SMILES string of the molecule is CC/C=C\C/C=C\C/C=C\C/C=C\C/C=C\C/C=C\C/C=C\CCCCCCCCCCCC(=O)OC(COC(=O)CCCCCCCCCCCCCCC)COP(=O)([O-])OCC[N+](C)(C)C. The lowest BCUT2D eigenvalue weighted by atomic mass is 10.0. The fraction of sp³-hybridized carbons (Fsp3) is 0.724. The van der Waals surface area contributed by atoms with E-state index in [0.717, 1.165) is 89.9 Å². The maximum absolute atomic E-state index is 12.8. The highest BCUT2D eigenvalue weighted by atomic mass is 31.2. The number of quaternary nitrogens is 1. The van der Waals surface area contributed by atoms with Crippen molar-refractivity contribution in [3.63, 3.8) is 0 Å². The molecule has 0 spiro atoms. The van der Waals surface area contributed by atoms with Crippen molar-refractivity contribution in [1.29, 1.82) is 0 Å². The van der Waals surface area contributed by atoms with Crippen LogP contribution in [0.25, 0.3) is 0 Å². The summed E-state index contributed by atoms with van der Waals surface area (Å²) in [6, 6.07) is 0. The van der Waals surface area contributed by atoms with Gasteiger partial charge in [0.15, 0.2) is 6.10 Å². The van der Waals surface area contributed by atoms with Gasteiger partial charge in [-0.2, -0.15) is 0 Å². The van der Waals surface area contributed by atoms with Crippen LogP contribution in [0.2, 0.25) is 0 Å². The molecule has 0 heterocycles. The lowest BCUT2D eigenvalue weighted by molar-refractivity contribution is -0.870. The number of carbonyl (C=O) groups is 2. The second-order valence-electron chi connectivity index (χ2n) is 19.2. The van der Waals surface area contributed by atoms with Gasteiger partial charge in [-0.3, -0.25) is 14.2 Å². The van der Waals surface area contributed by atoms with E-state index >= 15 is 0 Å². The van der Waals surface area contributed by atoms with Gasteiger partial charge in [0.05, 0.1) is 27.7 Å². The van der Waals surface area contributed by atoms with E-state index in [4.69, 9.17) is 18.5 Å². The zero-order valence-corrected chi connectivity index (χ0v) is 45.2. The summed E-state index contributed by atoms with van der Waals surface area (Å²) in [6.07, 6.45) is 64.8. The predicted octanol–water partition coefficient (Wildman–Crippen LogP) is 16.1. The Labute approximate surface area is 418 Å². The summed E-state index contributed by atoms with van der Waals surface area (Å²) in [7, 11) is 1.16. The molecule has 0 aromatic carbocycles. The van der Waals surface area contributed by atoms with Gasteiger partial charge < -0.3 is 27.9 Å². The Kier molecular flexibility index (Phi) is 47.2. The lowest BCUT2D eigenvalue weighted by Crippen LogP contribution is -2.37. The normalized spacial score (nSPS) is 14.0. The molecule has 0 amide bonds. The summed E-state index contributed by atoms with van der Waals surface area (Å²) >= 11 is 0. The molecule has 2 atom stereocenters. The largest absolute Gasteiger partial charge is 0.756 e. The number of allylic oxidation sites excluding steroid dienone is 14. The van der Waals surface area contributed by atoms with E-state index in [1.807, 2.05) is 21.1 Å². The molecule has 0 saturated carbocycles. The van der Waals surface area contributed by atoms with Crippen LogP contribution >= 0.6 is 7.82 Å². The van der Waals surface area contributed by atoms with Crippen LogP contribution in [0.5, 0.6) is 0 Å². The summed E-state index contributed by atoms with van der Waals surface area (Å²) in [5.41, 5.74) is 0. The van der Waals surface area contributed by atoms with Crippen LogP contribution in [-0.2, 0) is 32.7 Å². The number of phosphoric acid groups is 1. The van der Waals surface area contributed by atoms with E-state index in [-0.39, 0.29) is 32.0 Å². The minimum absolute atomic E-state index is 0.0344. The third-order valence-corrected chi connectivity index (χ3v) is 12.4. The van der Waals surface area contributed by atoms with Crippen molar-refractivity contribution in [2.24, 2.45) is 0 Å². The fourth-order valence-electron chi connectivity index (χ4n) is 7.22. The van der Waals surface area contributed by atoms with Gasteiger partial charge in [-0.1, -0.05) is 221 Å². The molecule has 0 aliphatic heterocycles. The number of ether oxygens (including phenoxy) is 2. The highest BCUT2D eigenvalue weighted by molar-refractivity contribution is 7.45. The summed E-state index contributed by atoms with van der Waals surface area (Å²) in [5, 5.41) is 0. The minimum Gasteiger partial charge on any atom is -0.756 e. The van der Waals surface area contributed by atoms with Crippen LogP contribution < -0.4 is 4.89 Å². The first kappa shape index (κ1) is 65.2. The number of carbonyl (C=O) groups excluding carboxylic acids is 2. The maximum Gasteiger partial charge on any atom is 0.306 e. The highest BCUT2D eigenvalue weighted by Gasteiger charge is 2.21. The van der Waals surface area contributed by atoms with E-state index in [0.29, 0.717) is 17.4 Å². The second kappa shape index (κ2) is 49.2. The van der Waals surface area contributed by atoms with Crippen molar-refractivity contribution >= 4 is 19.8 Å². The van der Waals surface area contributed by atoms with Crippen molar-refractivity contribution in [2.75, 3.05) is 47.5 Å². The zero-order chi connectivity index (χ0) is 49.9. The van der Waals surface area contributed by atoms with Gasteiger partial charge in [0.25, 0.3) is 7.82 Å². The molecule has 0 N–H and O–H groups in total. The van der Waals surface area contributed by atoms with Crippen molar-refractivity contribution in [3.8, 4) is 0 Å². The quantitative estimate of drug-likeness (QED) is 0.0195. The fourth-order valence-corrected chi connectivity index (χ4v) is 7.95. The van der Waals surface area contributed by atoms with Gasteiger partial charge >= 0.3 is 11.9 Å². The van der Waals surface area contributed by atoms with Gasteiger partial charge in [-0.25, -0.2) is 0 Å². The van der Waals surface area contributed by atoms with Crippen LogP contribution in [0.15, 0.2) is 85.1 Å². The highest BCUT2D eigenvalue weighted by Crippen LogP contribution is 2.38. The zero-order valence-electron chi connectivity index (χ0n) is 44.3. The molecule has 0 aromatic heterocycles. The Balaban J connectivity index is 4.17. The van der Waals surface area contributed by atoms with Gasteiger partial charge in [-0.15, -0.1) is 0 Å². The third kappa shape index (κ3) is 52.6. The van der Waals surface area contributed by atoms with Crippen molar-refractivity contribution in [3.05, 3.63) is 85.1 Å². The molecule has 10 heteroatoms. The Hall–Kier alpha value is -2.81. The molecule has 0 aromatic rings. The molecule has 9 nitrogen and oxygen atoms in total. The van der Waals surface area contributed by atoms with Gasteiger partial charge in [0.1, 0.15) is 19.8 Å². The molecule has 2 unspecified atom stereocenters. The van der Waals surface area contributed by atoms with Crippen molar-refractivity contribution < 1.29 is 42.1 Å². The monoisotopic (exact) mass is 972 g/mol. The number of hydrogen-bond donors (Lipinski definition) is 0. The Bertz CT molecular complexity index is 1420. The Morgan fingerprint density at radius 1 is 0.471 bits per heavy atom. The molecule has 0 aliphatic rings. The van der Waals surface area contributed by atoms with Crippen LogP contribution in [-0.4, -0.2) is 70.0 Å². The number of esters is 2. The van der Waals surface area contributed by atoms with E-state index in [1.165, 1.54) is 96.3 Å². The third-order valence-electron chi connectivity index (χ3n) is 11.4. The Morgan fingerprint density at radius 2 is 0.838 bits per heavy atom. The predicted molar refractivity (Wildman–Crippen MR) is 286 cm³/mol. The van der Waals surface area contributed by atoms with Crippen LogP contribution in [0.3, 0.4) is 0 Å². The molecule has 0 aliphatic carbocycles. The van der Waals surface area contributed by atoms with Gasteiger partial charge in [-0.05, 0) is 70.6 Å². The molecule has 0 saturated heterocycles. The number of likely N-dealkylation sites (N-methyl/N-ethyl adjacent to an activating group) is 1. The van der Waals surface area contributed by atoms with E-state index in [9.17, 15) is 19.0 Å².